The smallest absolute Gasteiger partial charge is 0.213 e. The zero-order valence-electron chi connectivity index (χ0n) is 17.0. The molecule has 0 atom stereocenters. The third-order valence-electron chi connectivity index (χ3n) is 4.38. The van der Waals surface area contributed by atoms with Gasteiger partial charge in [-0.1, -0.05) is 30.3 Å². The Bertz CT molecular complexity index is 739. The average molecular weight is 510 g/mol. The Hall–Kier alpha value is -1.87. The topological polar surface area (TPSA) is 67.8 Å². The summed E-state index contributed by atoms with van der Waals surface area (Å²) in [5.74, 6) is 2.19. The summed E-state index contributed by atoms with van der Waals surface area (Å²) < 4.78 is 11.5. The van der Waals surface area contributed by atoms with Crippen molar-refractivity contribution < 1.29 is 9.47 Å². The fourth-order valence-corrected chi connectivity index (χ4v) is 2.63. The molecule has 7 heteroatoms. The van der Waals surface area contributed by atoms with Gasteiger partial charge >= 0.3 is 0 Å². The number of guanidine groups is 1. The minimum absolute atomic E-state index is 0. The van der Waals surface area contributed by atoms with Crippen molar-refractivity contribution in [3.05, 3.63) is 59.8 Å². The summed E-state index contributed by atoms with van der Waals surface area (Å²) in [6, 6.07) is 14.1. The molecule has 0 unspecified atom stereocenters. The van der Waals surface area contributed by atoms with Crippen molar-refractivity contribution in [1.29, 1.82) is 0 Å². The van der Waals surface area contributed by atoms with Crippen LogP contribution in [0.25, 0.3) is 0 Å². The van der Waals surface area contributed by atoms with E-state index in [-0.39, 0.29) is 24.0 Å². The third-order valence-corrected chi connectivity index (χ3v) is 4.38. The zero-order chi connectivity index (χ0) is 19.4. The van der Waals surface area contributed by atoms with Crippen LogP contribution in [0.4, 0.5) is 0 Å². The van der Waals surface area contributed by atoms with Gasteiger partial charge in [0.05, 0.1) is 26.4 Å². The van der Waals surface area contributed by atoms with Crippen LogP contribution in [0.2, 0.25) is 0 Å². The van der Waals surface area contributed by atoms with Crippen molar-refractivity contribution >= 4 is 29.9 Å². The molecule has 1 aromatic carbocycles. The largest absolute Gasteiger partial charge is 0.477 e. The van der Waals surface area contributed by atoms with Gasteiger partial charge in [-0.05, 0) is 42.9 Å². The maximum Gasteiger partial charge on any atom is 0.213 e. The normalized spacial score (nSPS) is 13.5. The van der Waals surface area contributed by atoms with Crippen LogP contribution in [0.5, 0.6) is 5.88 Å². The minimum Gasteiger partial charge on any atom is -0.477 e. The molecule has 6 nitrogen and oxygen atoms in total. The number of ether oxygens (including phenoxy) is 2. The highest BCUT2D eigenvalue weighted by molar-refractivity contribution is 14.0. The van der Waals surface area contributed by atoms with Crippen LogP contribution in [0, 0.1) is 5.92 Å². The van der Waals surface area contributed by atoms with Crippen LogP contribution in [-0.4, -0.2) is 37.2 Å². The van der Waals surface area contributed by atoms with E-state index in [1.54, 1.807) is 6.20 Å². The second kappa shape index (κ2) is 13.4. The highest BCUT2D eigenvalue weighted by atomic mass is 127. The maximum absolute atomic E-state index is 5.75. The number of aromatic nitrogens is 1. The summed E-state index contributed by atoms with van der Waals surface area (Å²) in [4.78, 5) is 8.92. The molecule has 2 N–H and O–H groups in total. The number of aliphatic imine (C=N–C) groups is 1. The molecular weight excluding hydrogens is 479 g/mol. The van der Waals surface area contributed by atoms with Crippen LogP contribution in [-0.2, 0) is 17.9 Å². The Balaban J connectivity index is 0.00000300. The lowest BCUT2D eigenvalue weighted by Gasteiger charge is -2.12. The fourth-order valence-electron chi connectivity index (χ4n) is 2.63. The summed E-state index contributed by atoms with van der Waals surface area (Å²) in [6.45, 7) is 6.15. The standard InChI is InChI=1S/C22H30N4O2.HI/c1-2-23-22(25-12-13-27-16-18-6-4-3-5-7-18)26-15-20-10-11-24-21(14-20)28-17-19-8-9-19;/h3-7,10-11,14,19H,2,8-9,12-13,15-17H2,1H3,(H2,23,25,26);1H. The van der Waals surface area contributed by atoms with Crippen LogP contribution in [0.15, 0.2) is 53.7 Å². The van der Waals surface area contributed by atoms with Crippen molar-refractivity contribution in [3.63, 3.8) is 0 Å². The molecule has 1 saturated carbocycles. The van der Waals surface area contributed by atoms with E-state index in [1.807, 2.05) is 30.3 Å². The summed E-state index contributed by atoms with van der Waals surface area (Å²) in [5.41, 5.74) is 2.26. The lowest BCUT2D eigenvalue weighted by Crippen LogP contribution is -2.38. The Labute approximate surface area is 190 Å². The maximum atomic E-state index is 5.75. The molecule has 0 spiro atoms. The van der Waals surface area contributed by atoms with Crippen LogP contribution < -0.4 is 15.4 Å². The predicted octanol–water partition coefficient (Wildman–Crippen LogP) is 3.76. The lowest BCUT2D eigenvalue weighted by molar-refractivity contribution is 0.125. The monoisotopic (exact) mass is 510 g/mol. The first-order chi connectivity index (χ1) is 13.8. The van der Waals surface area contributed by atoms with E-state index in [1.165, 1.54) is 18.4 Å². The molecule has 0 bridgehead atoms. The van der Waals surface area contributed by atoms with Crippen LogP contribution in [0.1, 0.15) is 30.9 Å². The quantitative estimate of drug-likeness (QED) is 0.209. The van der Waals surface area contributed by atoms with E-state index in [2.05, 4.69) is 39.7 Å². The Morgan fingerprint density at radius 3 is 2.72 bits per heavy atom. The molecule has 158 valence electrons. The summed E-state index contributed by atoms with van der Waals surface area (Å²) in [5, 5.41) is 6.57. The first-order valence-corrected chi connectivity index (χ1v) is 10.0. The number of rotatable bonds is 11. The number of hydrogen-bond donors (Lipinski definition) is 2. The molecule has 0 saturated heterocycles. The highest BCUT2D eigenvalue weighted by Gasteiger charge is 2.22. The molecule has 2 aromatic rings. The molecule has 1 heterocycles. The first-order valence-electron chi connectivity index (χ1n) is 10.0. The minimum atomic E-state index is 0. The number of halogens is 1. The zero-order valence-corrected chi connectivity index (χ0v) is 19.3. The van der Waals surface area contributed by atoms with Gasteiger partial charge in [0, 0.05) is 25.4 Å². The van der Waals surface area contributed by atoms with Crippen molar-refractivity contribution in [3.8, 4) is 5.88 Å². The van der Waals surface area contributed by atoms with Gasteiger partial charge in [-0.25, -0.2) is 9.98 Å². The Morgan fingerprint density at radius 1 is 1.14 bits per heavy atom. The van der Waals surface area contributed by atoms with E-state index in [0.717, 1.165) is 30.6 Å². The number of nitrogens with zero attached hydrogens (tertiary/aromatic N) is 2. The fraction of sp³-hybridized carbons (Fsp3) is 0.455. The van der Waals surface area contributed by atoms with Gasteiger partial charge in [-0.3, -0.25) is 0 Å². The lowest BCUT2D eigenvalue weighted by atomic mass is 10.2. The number of nitrogens with one attached hydrogen (secondary N) is 2. The molecule has 0 aliphatic heterocycles. The van der Waals surface area contributed by atoms with Crippen molar-refractivity contribution in [2.45, 2.75) is 32.9 Å². The highest BCUT2D eigenvalue weighted by Crippen LogP contribution is 2.29. The van der Waals surface area contributed by atoms with E-state index >= 15 is 0 Å². The molecule has 1 aliphatic carbocycles. The second-order valence-electron chi connectivity index (χ2n) is 6.92. The summed E-state index contributed by atoms with van der Waals surface area (Å²) in [6.07, 6.45) is 4.33. The van der Waals surface area contributed by atoms with Gasteiger partial charge in [0.25, 0.3) is 0 Å². The first kappa shape index (κ1) is 23.4. The van der Waals surface area contributed by atoms with Crippen molar-refractivity contribution in [2.75, 3.05) is 26.3 Å². The molecule has 0 radical (unpaired) electrons. The van der Waals surface area contributed by atoms with E-state index in [4.69, 9.17) is 9.47 Å². The van der Waals surface area contributed by atoms with Gasteiger partial charge in [0.1, 0.15) is 0 Å². The number of benzene rings is 1. The summed E-state index contributed by atoms with van der Waals surface area (Å²) in [7, 11) is 0. The van der Waals surface area contributed by atoms with Gasteiger partial charge in [0.15, 0.2) is 5.96 Å². The van der Waals surface area contributed by atoms with Gasteiger partial charge in [-0.2, -0.15) is 0 Å². The van der Waals surface area contributed by atoms with Gasteiger partial charge in [-0.15, -0.1) is 24.0 Å². The molecular formula is C22H31IN4O2. The van der Waals surface area contributed by atoms with E-state index in [0.29, 0.717) is 32.2 Å². The van der Waals surface area contributed by atoms with E-state index < -0.39 is 0 Å². The van der Waals surface area contributed by atoms with Crippen LogP contribution >= 0.6 is 24.0 Å². The molecule has 1 aromatic heterocycles. The molecule has 0 amide bonds. The Kier molecular flexibility index (Phi) is 10.8. The van der Waals surface area contributed by atoms with Gasteiger partial charge in [0.2, 0.25) is 5.88 Å². The SMILES string of the molecule is CCNC(=NCc1ccnc(OCC2CC2)c1)NCCOCc1ccccc1.I. The average Bonchev–Trinajstić information content (AvgIpc) is 3.56. The molecule has 3 rings (SSSR count). The molecule has 1 fully saturated rings. The van der Waals surface area contributed by atoms with E-state index in [9.17, 15) is 0 Å². The number of hydrogen-bond acceptors (Lipinski definition) is 4. The second-order valence-corrected chi connectivity index (χ2v) is 6.92. The van der Waals surface area contributed by atoms with Crippen molar-refractivity contribution in [2.24, 2.45) is 10.9 Å². The van der Waals surface area contributed by atoms with Crippen molar-refractivity contribution in [1.82, 2.24) is 15.6 Å². The Morgan fingerprint density at radius 2 is 1.97 bits per heavy atom. The molecule has 1 aliphatic rings. The third kappa shape index (κ3) is 9.45. The predicted molar refractivity (Wildman–Crippen MR) is 127 cm³/mol. The molecule has 29 heavy (non-hydrogen) atoms. The summed E-state index contributed by atoms with van der Waals surface area (Å²) >= 11 is 0. The number of pyridine rings is 1. The van der Waals surface area contributed by atoms with Gasteiger partial charge < -0.3 is 20.1 Å². The van der Waals surface area contributed by atoms with Crippen LogP contribution in [0.3, 0.4) is 0 Å².